The van der Waals surface area contributed by atoms with E-state index in [0.717, 1.165) is 17.5 Å². The molecule has 1 aromatic carbocycles. The predicted octanol–water partition coefficient (Wildman–Crippen LogP) is 2.04. The lowest BCUT2D eigenvalue weighted by Crippen LogP contribution is -2.28. The molecular formula is C10H11NO3. The van der Waals surface area contributed by atoms with Crippen LogP contribution in [0.3, 0.4) is 0 Å². The highest BCUT2D eigenvalue weighted by atomic mass is 16.6. The van der Waals surface area contributed by atoms with Crippen LogP contribution in [0.2, 0.25) is 0 Å². The summed E-state index contributed by atoms with van der Waals surface area (Å²) in [4.78, 5) is 10.6. The Kier molecular flexibility index (Phi) is 2.13. The van der Waals surface area contributed by atoms with E-state index in [0.29, 0.717) is 11.5 Å². The van der Waals surface area contributed by atoms with Gasteiger partial charge < -0.3 is 5.11 Å². The van der Waals surface area contributed by atoms with E-state index < -0.39 is 12.1 Å². The smallest absolute Gasteiger partial charge is 0.431 e. The number of hydroxylamine groups is 2. The zero-order chi connectivity index (χ0) is 10.1. The third-order valence-corrected chi connectivity index (χ3v) is 2.59. The van der Waals surface area contributed by atoms with Gasteiger partial charge in [0.25, 0.3) is 0 Å². The van der Waals surface area contributed by atoms with E-state index in [9.17, 15) is 10.0 Å². The summed E-state index contributed by atoms with van der Waals surface area (Å²) in [6, 6.07) is 7.20. The maximum Gasteiger partial charge on any atom is 0.431 e. The van der Waals surface area contributed by atoms with Crippen molar-refractivity contribution in [2.24, 2.45) is 0 Å². The van der Waals surface area contributed by atoms with Crippen LogP contribution in [0.4, 0.5) is 4.79 Å². The fraction of sp³-hybridized carbons (Fsp3) is 0.300. The highest BCUT2D eigenvalue weighted by Crippen LogP contribution is 2.34. The number of carboxylic acid groups (broad SMARTS) is 1. The topological polar surface area (TPSA) is 60.8 Å². The Hall–Kier alpha value is -1.55. The second-order valence-corrected chi connectivity index (χ2v) is 3.38. The normalized spacial score (nSPS) is 19.1. The highest BCUT2D eigenvalue weighted by Gasteiger charge is 2.29. The number of nitrogens with zero attached hydrogens (tertiary/aromatic N) is 1. The van der Waals surface area contributed by atoms with Gasteiger partial charge >= 0.3 is 6.09 Å². The van der Waals surface area contributed by atoms with Gasteiger partial charge in [0.05, 0.1) is 6.04 Å². The van der Waals surface area contributed by atoms with Gasteiger partial charge in [-0.15, -0.1) is 0 Å². The molecule has 1 aromatic rings. The van der Waals surface area contributed by atoms with Crippen molar-refractivity contribution in [2.45, 2.75) is 18.9 Å². The van der Waals surface area contributed by atoms with Crippen LogP contribution in [0.15, 0.2) is 24.3 Å². The maximum absolute atomic E-state index is 10.6. The minimum Gasteiger partial charge on any atom is -0.463 e. The molecule has 0 saturated heterocycles. The van der Waals surface area contributed by atoms with Crippen molar-refractivity contribution in [3.8, 4) is 0 Å². The van der Waals surface area contributed by atoms with Gasteiger partial charge in [-0.1, -0.05) is 24.3 Å². The molecule has 0 radical (unpaired) electrons. The Bertz CT molecular complexity index is 364. The molecule has 4 heteroatoms. The maximum atomic E-state index is 10.6. The van der Waals surface area contributed by atoms with Crippen LogP contribution in [0, 0.1) is 0 Å². The lowest BCUT2D eigenvalue weighted by atomic mass is 10.1. The number of benzene rings is 1. The first-order chi connectivity index (χ1) is 6.70. The first kappa shape index (κ1) is 9.02. The molecule has 0 bridgehead atoms. The molecule has 2 rings (SSSR count). The SMILES string of the molecule is O=C(O)N(O)C1CCc2ccccc21. The number of fused-ring (bicyclic) bond motifs is 1. The molecule has 0 spiro atoms. The lowest BCUT2D eigenvalue weighted by Gasteiger charge is -2.19. The molecule has 0 aromatic heterocycles. The van der Waals surface area contributed by atoms with E-state index in [1.165, 1.54) is 0 Å². The molecule has 2 N–H and O–H groups in total. The van der Waals surface area contributed by atoms with Gasteiger partial charge in [0.1, 0.15) is 0 Å². The molecular weight excluding hydrogens is 182 g/mol. The first-order valence-electron chi connectivity index (χ1n) is 4.49. The average Bonchev–Trinajstić information content (AvgIpc) is 2.60. The van der Waals surface area contributed by atoms with E-state index >= 15 is 0 Å². The molecule has 0 fully saturated rings. The number of amides is 1. The Balaban J connectivity index is 2.30. The van der Waals surface area contributed by atoms with Crippen molar-refractivity contribution in [3.63, 3.8) is 0 Å². The zero-order valence-electron chi connectivity index (χ0n) is 7.55. The zero-order valence-corrected chi connectivity index (χ0v) is 7.55. The standard InChI is InChI=1S/C10H11NO3/c12-10(13)11(14)9-6-5-7-3-1-2-4-8(7)9/h1-4,9,14H,5-6H2,(H,12,13). The lowest BCUT2D eigenvalue weighted by molar-refractivity contribution is -0.0971. The largest absolute Gasteiger partial charge is 0.463 e. The van der Waals surface area contributed by atoms with Crippen molar-refractivity contribution < 1.29 is 15.1 Å². The molecule has 1 unspecified atom stereocenters. The molecule has 14 heavy (non-hydrogen) atoms. The van der Waals surface area contributed by atoms with Crippen LogP contribution < -0.4 is 0 Å². The average molecular weight is 193 g/mol. The van der Waals surface area contributed by atoms with Crippen molar-refractivity contribution in [1.82, 2.24) is 5.06 Å². The Morgan fingerprint density at radius 2 is 2.14 bits per heavy atom. The fourth-order valence-corrected chi connectivity index (χ4v) is 1.92. The quantitative estimate of drug-likeness (QED) is 0.530. The molecule has 0 aliphatic heterocycles. The summed E-state index contributed by atoms with van der Waals surface area (Å²) in [5, 5.41) is 18.3. The summed E-state index contributed by atoms with van der Waals surface area (Å²) in [6.45, 7) is 0. The molecule has 74 valence electrons. The Labute approximate surface area is 81.3 Å². The van der Waals surface area contributed by atoms with Gasteiger partial charge in [0.15, 0.2) is 0 Å². The Morgan fingerprint density at radius 1 is 1.43 bits per heavy atom. The van der Waals surface area contributed by atoms with Crippen LogP contribution in [0.5, 0.6) is 0 Å². The minimum absolute atomic E-state index is 0.395. The highest BCUT2D eigenvalue weighted by molar-refractivity contribution is 5.64. The summed E-state index contributed by atoms with van der Waals surface area (Å²) >= 11 is 0. The molecule has 1 amide bonds. The molecule has 1 atom stereocenters. The van der Waals surface area contributed by atoms with E-state index in [4.69, 9.17) is 5.11 Å². The third kappa shape index (κ3) is 1.33. The van der Waals surface area contributed by atoms with Gasteiger partial charge in [-0.2, -0.15) is 5.06 Å². The van der Waals surface area contributed by atoms with E-state index in [1.54, 1.807) is 0 Å². The number of carbonyl (C=O) groups is 1. The summed E-state index contributed by atoms with van der Waals surface area (Å²) < 4.78 is 0. The van der Waals surface area contributed by atoms with Crippen LogP contribution in [0.1, 0.15) is 23.6 Å². The number of aryl methyl sites for hydroxylation is 1. The molecule has 0 heterocycles. The molecule has 1 aliphatic carbocycles. The minimum atomic E-state index is -1.30. The summed E-state index contributed by atoms with van der Waals surface area (Å²) in [6.07, 6.45) is 0.180. The van der Waals surface area contributed by atoms with Crippen LogP contribution in [0.25, 0.3) is 0 Å². The van der Waals surface area contributed by atoms with E-state index in [1.807, 2.05) is 24.3 Å². The van der Waals surface area contributed by atoms with Crippen LogP contribution >= 0.6 is 0 Å². The predicted molar refractivity (Wildman–Crippen MR) is 49.2 cm³/mol. The van der Waals surface area contributed by atoms with Gasteiger partial charge in [0.2, 0.25) is 0 Å². The first-order valence-corrected chi connectivity index (χ1v) is 4.49. The van der Waals surface area contributed by atoms with E-state index in [-0.39, 0.29) is 0 Å². The third-order valence-electron chi connectivity index (χ3n) is 2.59. The van der Waals surface area contributed by atoms with Crippen LogP contribution in [-0.2, 0) is 6.42 Å². The second-order valence-electron chi connectivity index (χ2n) is 3.38. The van der Waals surface area contributed by atoms with Crippen molar-refractivity contribution in [2.75, 3.05) is 0 Å². The van der Waals surface area contributed by atoms with Crippen molar-refractivity contribution in [1.29, 1.82) is 0 Å². The van der Waals surface area contributed by atoms with E-state index in [2.05, 4.69) is 0 Å². The van der Waals surface area contributed by atoms with Crippen molar-refractivity contribution >= 4 is 6.09 Å². The summed E-state index contributed by atoms with van der Waals surface area (Å²) in [7, 11) is 0. The van der Waals surface area contributed by atoms with Gasteiger partial charge in [-0.25, -0.2) is 4.79 Å². The second kappa shape index (κ2) is 3.31. The van der Waals surface area contributed by atoms with Crippen molar-refractivity contribution in [3.05, 3.63) is 35.4 Å². The van der Waals surface area contributed by atoms with Crippen LogP contribution in [-0.4, -0.2) is 21.5 Å². The number of hydrogen-bond acceptors (Lipinski definition) is 2. The van der Waals surface area contributed by atoms with Gasteiger partial charge in [-0.05, 0) is 24.0 Å². The summed E-state index contributed by atoms with van der Waals surface area (Å²) in [5.41, 5.74) is 2.04. The van der Waals surface area contributed by atoms with Gasteiger partial charge in [0, 0.05) is 0 Å². The van der Waals surface area contributed by atoms with Gasteiger partial charge in [-0.3, -0.25) is 5.21 Å². The monoisotopic (exact) mass is 193 g/mol. The molecule has 4 nitrogen and oxygen atoms in total. The Morgan fingerprint density at radius 3 is 2.86 bits per heavy atom. The molecule has 0 saturated carbocycles. The number of rotatable bonds is 1. The molecule has 1 aliphatic rings. The summed E-state index contributed by atoms with van der Waals surface area (Å²) in [5.74, 6) is 0. The number of hydrogen-bond donors (Lipinski definition) is 2. The fourth-order valence-electron chi connectivity index (χ4n) is 1.92.